The third kappa shape index (κ3) is 4.18. The van der Waals surface area contributed by atoms with Gasteiger partial charge < -0.3 is 15.3 Å². The van der Waals surface area contributed by atoms with Crippen LogP contribution in [-0.2, 0) is 0 Å². The number of hydrogen-bond acceptors (Lipinski definition) is 4. The van der Waals surface area contributed by atoms with E-state index in [1.807, 2.05) is 0 Å². The molecule has 5 nitrogen and oxygen atoms in total. The van der Waals surface area contributed by atoms with Gasteiger partial charge in [0.25, 0.3) is 5.91 Å². The molecule has 1 aromatic carbocycles. The first-order chi connectivity index (χ1) is 10.5. The summed E-state index contributed by atoms with van der Waals surface area (Å²) in [5, 5.41) is 11.9. The molecule has 6 heteroatoms. The number of carbonyl (C=O) groups excluding carboxylic acids is 1. The SMILES string of the molecule is CCN1CCN(C(C)CNC(=O)c2ccc(O)cc2F)CC1. The number of hydrogen-bond donors (Lipinski definition) is 2. The standard InChI is InChI=1S/C16H24FN3O2/c1-3-19-6-8-20(9-7-19)12(2)11-18-16(22)14-5-4-13(21)10-15(14)17/h4-5,10,12,21H,3,6-9,11H2,1-2H3,(H,18,22). The highest BCUT2D eigenvalue weighted by atomic mass is 19.1. The van der Waals surface area contributed by atoms with Crippen molar-refractivity contribution in [2.45, 2.75) is 19.9 Å². The van der Waals surface area contributed by atoms with Crippen molar-refractivity contribution in [2.24, 2.45) is 0 Å². The van der Waals surface area contributed by atoms with Gasteiger partial charge in [-0.05, 0) is 25.6 Å². The summed E-state index contributed by atoms with van der Waals surface area (Å²) in [4.78, 5) is 16.7. The van der Waals surface area contributed by atoms with Crippen molar-refractivity contribution < 1.29 is 14.3 Å². The molecule has 2 rings (SSSR count). The quantitative estimate of drug-likeness (QED) is 0.860. The normalized spacial score (nSPS) is 18.1. The lowest BCUT2D eigenvalue weighted by atomic mass is 10.1. The largest absolute Gasteiger partial charge is 0.508 e. The van der Waals surface area contributed by atoms with Gasteiger partial charge in [0.05, 0.1) is 5.56 Å². The van der Waals surface area contributed by atoms with Gasteiger partial charge in [0.1, 0.15) is 11.6 Å². The summed E-state index contributed by atoms with van der Waals surface area (Å²) >= 11 is 0. The molecular weight excluding hydrogens is 285 g/mol. The first-order valence-electron chi connectivity index (χ1n) is 7.74. The van der Waals surface area contributed by atoms with Crippen LogP contribution in [0.2, 0.25) is 0 Å². The number of likely N-dealkylation sites (N-methyl/N-ethyl adjacent to an activating group) is 1. The van der Waals surface area contributed by atoms with Gasteiger partial charge in [0.15, 0.2) is 0 Å². The predicted molar refractivity (Wildman–Crippen MR) is 83.5 cm³/mol. The zero-order valence-corrected chi connectivity index (χ0v) is 13.2. The highest BCUT2D eigenvalue weighted by Crippen LogP contribution is 2.15. The number of phenols is 1. The van der Waals surface area contributed by atoms with E-state index in [0.717, 1.165) is 38.8 Å². The summed E-state index contributed by atoms with van der Waals surface area (Å²) in [6.45, 7) is 9.82. The van der Waals surface area contributed by atoms with Crippen LogP contribution in [0.4, 0.5) is 4.39 Å². The molecule has 0 spiro atoms. The van der Waals surface area contributed by atoms with Crippen molar-refractivity contribution in [3.63, 3.8) is 0 Å². The van der Waals surface area contributed by atoms with Crippen LogP contribution in [0.25, 0.3) is 0 Å². The third-order valence-corrected chi connectivity index (χ3v) is 4.23. The minimum absolute atomic E-state index is 0.0409. The van der Waals surface area contributed by atoms with E-state index in [0.29, 0.717) is 6.54 Å². The van der Waals surface area contributed by atoms with Gasteiger partial charge in [-0.1, -0.05) is 6.92 Å². The summed E-state index contributed by atoms with van der Waals surface area (Å²) in [7, 11) is 0. The lowest BCUT2D eigenvalue weighted by molar-refractivity contribution is 0.0879. The number of rotatable bonds is 5. The van der Waals surface area contributed by atoms with E-state index in [1.165, 1.54) is 12.1 Å². The number of nitrogens with one attached hydrogen (secondary N) is 1. The molecule has 2 N–H and O–H groups in total. The molecule has 1 fully saturated rings. The number of halogens is 1. The lowest BCUT2D eigenvalue weighted by Gasteiger charge is -2.37. The molecule has 1 aliphatic rings. The molecule has 1 aliphatic heterocycles. The van der Waals surface area contributed by atoms with Crippen LogP contribution in [0.1, 0.15) is 24.2 Å². The summed E-state index contributed by atoms with van der Waals surface area (Å²) in [5.41, 5.74) is -0.0409. The molecule has 22 heavy (non-hydrogen) atoms. The maximum Gasteiger partial charge on any atom is 0.254 e. The van der Waals surface area contributed by atoms with E-state index in [-0.39, 0.29) is 17.4 Å². The maximum absolute atomic E-state index is 13.6. The van der Waals surface area contributed by atoms with Crippen LogP contribution < -0.4 is 5.32 Å². The molecule has 1 heterocycles. The Hall–Kier alpha value is -1.66. The number of piperazine rings is 1. The van der Waals surface area contributed by atoms with Crippen molar-refractivity contribution in [3.8, 4) is 5.75 Å². The average Bonchev–Trinajstić information content (AvgIpc) is 2.52. The fraction of sp³-hybridized carbons (Fsp3) is 0.562. The molecule has 1 saturated heterocycles. The van der Waals surface area contributed by atoms with E-state index in [4.69, 9.17) is 5.11 Å². The Morgan fingerprint density at radius 1 is 1.36 bits per heavy atom. The number of phenolic OH excluding ortho intramolecular Hbond substituents is 1. The predicted octanol–water partition coefficient (Wildman–Crippen LogP) is 1.29. The Bertz CT molecular complexity index is 516. The molecule has 1 aromatic rings. The van der Waals surface area contributed by atoms with Gasteiger partial charge in [0, 0.05) is 44.8 Å². The number of aromatic hydroxyl groups is 1. The van der Waals surface area contributed by atoms with Gasteiger partial charge >= 0.3 is 0 Å². The number of amides is 1. The second-order valence-electron chi connectivity index (χ2n) is 5.69. The molecule has 122 valence electrons. The van der Waals surface area contributed by atoms with Crippen LogP contribution in [-0.4, -0.2) is 66.1 Å². The zero-order chi connectivity index (χ0) is 16.1. The molecule has 1 unspecified atom stereocenters. The van der Waals surface area contributed by atoms with Crippen molar-refractivity contribution in [1.82, 2.24) is 15.1 Å². The van der Waals surface area contributed by atoms with E-state index >= 15 is 0 Å². The van der Waals surface area contributed by atoms with Gasteiger partial charge in [0.2, 0.25) is 0 Å². The zero-order valence-electron chi connectivity index (χ0n) is 13.2. The highest BCUT2D eigenvalue weighted by molar-refractivity contribution is 5.94. The van der Waals surface area contributed by atoms with E-state index in [2.05, 4.69) is 29.0 Å². The molecule has 0 aromatic heterocycles. The Balaban J connectivity index is 1.83. The van der Waals surface area contributed by atoms with Crippen LogP contribution in [0.3, 0.4) is 0 Å². The average molecular weight is 309 g/mol. The first-order valence-corrected chi connectivity index (χ1v) is 7.74. The molecular formula is C16H24FN3O2. The smallest absolute Gasteiger partial charge is 0.254 e. The van der Waals surface area contributed by atoms with Crippen molar-refractivity contribution >= 4 is 5.91 Å². The third-order valence-electron chi connectivity index (χ3n) is 4.23. The first kappa shape index (κ1) is 16.7. The fourth-order valence-corrected chi connectivity index (χ4v) is 2.67. The molecule has 0 bridgehead atoms. The summed E-state index contributed by atoms with van der Waals surface area (Å²) < 4.78 is 13.6. The van der Waals surface area contributed by atoms with E-state index in [9.17, 15) is 9.18 Å². The van der Waals surface area contributed by atoms with Crippen molar-refractivity contribution in [1.29, 1.82) is 0 Å². The van der Waals surface area contributed by atoms with Gasteiger partial charge in [-0.3, -0.25) is 9.69 Å². The van der Waals surface area contributed by atoms with Crippen LogP contribution in [0, 0.1) is 5.82 Å². The Labute approximate surface area is 130 Å². The fourth-order valence-electron chi connectivity index (χ4n) is 2.67. The van der Waals surface area contributed by atoms with Gasteiger partial charge in [-0.15, -0.1) is 0 Å². The lowest BCUT2D eigenvalue weighted by Crippen LogP contribution is -2.52. The van der Waals surface area contributed by atoms with Crippen molar-refractivity contribution in [2.75, 3.05) is 39.3 Å². The Morgan fingerprint density at radius 3 is 2.64 bits per heavy atom. The molecule has 0 aliphatic carbocycles. The van der Waals surface area contributed by atoms with Crippen molar-refractivity contribution in [3.05, 3.63) is 29.6 Å². The Kier molecular flexibility index (Phi) is 5.74. The number of carbonyl (C=O) groups is 1. The summed E-state index contributed by atoms with van der Waals surface area (Å²) in [5.74, 6) is -1.34. The van der Waals surface area contributed by atoms with Gasteiger partial charge in [-0.25, -0.2) is 4.39 Å². The molecule has 1 atom stereocenters. The van der Waals surface area contributed by atoms with Crippen LogP contribution >= 0.6 is 0 Å². The number of nitrogens with zero attached hydrogens (tertiary/aromatic N) is 2. The van der Waals surface area contributed by atoms with E-state index in [1.54, 1.807) is 0 Å². The minimum Gasteiger partial charge on any atom is -0.508 e. The second kappa shape index (κ2) is 7.56. The minimum atomic E-state index is -0.707. The summed E-state index contributed by atoms with van der Waals surface area (Å²) in [6.07, 6.45) is 0. The van der Waals surface area contributed by atoms with Crippen LogP contribution in [0.5, 0.6) is 5.75 Å². The molecule has 1 amide bonds. The summed E-state index contributed by atoms with van der Waals surface area (Å²) in [6, 6.07) is 3.77. The second-order valence-corrected chi connectivity index (χ2v) is 5.69. The number of benzene rings is 1. The topological polar surface area (TPSA) is 55.8 Å². The molecule has 0 radical (unpaired) electrons. The van der Waals surface area contributed by atoms with E-state index < -0.39 is 11.7 Å². The monoisotopic (exact) mass is 309 g/mol. The Morgan fingerprint density at radius 2 is 2.05 bits per heavy atom. The van der Waals surface area contributed by atoms with Gasteiger partial charge in [-0.2, -0.15) is 0 Å². The maximum atomic E-state index is 13.6. The molecule has 0 saturated carbocycles. The highest BCUT2D eigenvalue weighted by Gasteiger charge is 2.21. The van der Waals surface area contributed by atoms with Crippen LogP contribution in [0.15, 0.2) is 18.2 Å².